The Morgan fingerprint density at radius 2 is 1.70 bits per heavy atom. The van der Waals surface area contributed by atoms with Gasteiger partial charge in [0.05, 0.1) is 29.4 Å². The van der Waals surface area contributed by atoms with Crippen LogP contribution in [0.5, 0.6) is 17.2 Å². The Labute approximate surface area is 210 Å². The van der Waals surface area contributed by atoms with E-state index in [-0.39, 0.29) is 39.6 Å². The number of nitrogens with zero attached hydrogens (tertiary/aromatic N) is 2. The number of nitrogens with one attached hydrogen (secondary N) is 1. The Balaban J connectivity index is 1.47. The fourth-order valence-corrected chi connectivity index (χ4v) is 3.68. The summed E-state index contributed by atoms with van der Waals surface area (Å²) in [7, 11) is 1.39. The van der Waals surface area contributed by atoms with E-state index in [2.05, 4.69) is 10.5 Å². The van der Waals surface area contributed by atoms with Crippen LogP contribution in [0.25, 0.3) is 10.8 Å². The number of phenolic OH excluding ortho intramolecular Hbond substituents is 1. The number of hydrogen-bond acceptors (Lipinski definition) is 8. The predicted molar refractivity (Wildman–Crippen MR) is 136 cm³/mol. The van der Waals surface area contributed by atoms with E-state index in [9.17, 15) is 24.8 Å². The van der Waals surface area contributed by atoms with E-state index in [1.807, 2.05) is 24.3 Å². The first kappa shape index (κ1) is 24.9. The summed E-state index contributed by atoms with van der Waals surface area (Å²) < 4.78 is 10.7. The van der Waals surface area contributed by atoms with Crippen LogP contribution in [0.15, 0.2) is 77.9 Å². The SMILES string of the molecule is COc1cc(/C=N/NC(=O)c2cc3ccccc3cc2O)ccc1OC(=O)c1cccc([N+](=O)[O-])c1C. The highest BCUT2D eigenvalue weighted by Gasteiger charge is 2.20. The van der Waals surface area contributed by atoms with E-state index in [0.717, 1.165) is 10.8 Å². The summed E-state index contributed by atoms with van der Waals surface area (Å²) in [4.78, 5) is 35.8. The van der Waals surface area contributed by atoms with Crippen molar-refractivity contribution in [2.45, 2.75) is 6.92 Å². The molecule has 4 rings (SSSR count). The highest BCUT2D eigenvalue weighted by molar-refractivity contribution is 6.01. The van der Waals surface area contributed by atoms with Crippen LogP contribution in [-0.4, -0.2) is 35.2 Å². The maximum atomic E-state index is 12.7. The molecule has 0 atom stereocenters. The summed E-state index contributed by atoms with van der Waals surface area (Å²) >= 11 is 0. The monoisotopic (exact) mass is 499 g/mol. The molecule has 10 heteroatoms. The number of phenols is 1. The van der Waals surface area contributed by atoms with Gasteiger partial charge in [0.15, 0.2) is 11.5 Å². The molecule has 0 aromatic heterocycles. The summed E-state index contributed by atoms with van der Waals surface area (Å²) in [6.45, 7) is 1.47. The number of carbonyl (C=O) groups is 2. The number of carbonyl (C=O) groups excluding carboxylic acids is 2. The fourth-order valence-electron chi connectivity index (χ4n) is 3.68. The van der Waals surface area contributed by atoms with Crippen LogP contribution in [0.1, 0.15) is 31.8 Å². The molecule has 2 N–H and O–H groups in total. The maximum Gasteiger partial charge on any atom is 0.344 e. The number of amides is 1. The number of hydrogen-bond donors (Lipinski definition) is 2. The van der Waals surface area contributed by atoms with Crippen LogP contribution in [0, 0.1) is 17.0 Å². The van der Waals surface area contributed by atoms with Gasteiger partial charge in [0, 0.05) is 11.6 Å². The van der Waals surface area contributed by atoms with Crippen LogP contribution in [0.4, 0.5) is 5.69 Å². The summed E-state index contributed by atoms with van der Waals surface area (Å²) in [5.74, 6) is -1.23. The van der Waals surface area contributed by atoms with Gasteiger partial charge < -0.3 is 14.6 Å². The molecule has 0 spiro atoms. The molecule has 0 aliphatic carbocycles. The summed E-state index contributed by atoms with van der Waals surface area (Å²) in [5, 5.41) is 26.9. The molecule has 0 unspecified atom stereocenters. The fraction of sp³-hybridized carbons (Fsp3) is 0.0741. The molecule has 4 aromatic rings. The van der Waals surface area contributed by atoms with E-state index in [1.54, 1.807) is 12.1 Å². The molecule has 0 radical (unpaired) electrons. The maximum absolute atomic E-state index is 12.7. The molecule has 10 nitrogen and oxygen atoms in total. The van der Waals surface area contributed by atoms with Gasteiger partial charge in [-0.1, -0.05) is 30.3 Å². The molecule has 0 aliphatic heterocycles. The van der Waals surface area contributed by atoms with Crippen molar-refractivity contribution in [1.82, 2.24) is 5.43 Å². The molecule has 186 valence electrons. The van der Waals surface area contributed by atoms with Crippen molar-refractivity contribution >= 4 is 34.6 Å². The number of methoxy groups -OCH3 is 1. The third-order valence-corrected chi connectivity index (χ3v) is 5.60. The molecule has 37 heavy (non-hydrogen) atoms. The van der Waals surface area contributed by atoms with E-state index in [0.29, 0.717) is 5.56 Å². The Morgan fingerprint density at radius 1 is 0.973 bits per heavy atom. The molecule has 0 heterocycles. The first-order chi connectivity index (χ1) is 17.8. The zero-order chi connectivity index (χ0) is 26.5. The number of ether oxygens (including phenoxy) is 2. The standard InChI is InChI=1S/C27H21N3O7/c1-16-20(8-5-9-22(16)30(34)35)27(33)37-24-11-10-17(12-25(24)36-2)15-28-29-26(32)21-13-18-6-3-4-7-19(18)14-23(21)31/h3-15,31H,1-2H3,(H,29,32)/b28-15+. The van der Waals surface area contributed by atoms with Crippen LogP contribution >= 0.6 is 0 Å². The number of nitro groups is 1. The minimum atomic E-state index is -0.775. The van der Waals surface area contributed by atoms with Gasteiger partial charge >= 0.3 is 5.97 Å². The highest BCUT2D eigenvalue weighted by atomic mass is 16.6. The van der Waals surface area contributed by atoms with Gasteiger partial charge in [-0.2, -0.15) is 5.10 Å². The zero-order valence-electron chi connectivity index (χ0n) is 19.8. The zero-order valence-corrected chi connectivity index (χ0v) is 19.8. The Kier molecular flexibility index (Phi) is 7.10. The van der Waals surface area contributed by atoms with Crippen molar-refractivity contribution in [2.24, 2.45) is 5.10 Å². The minimum Gasteiger partial charge on any atom is -0.507 e. The number of esters is 1. The van der Waals surface area contributed by atoms with Gasteiger partial charge in [0.1, 0.15) is 5.75 Å². The number of hydrazone groups is 1. The predicted octanol–water partition coefficient (Wildman–Crippen LogP) is 4.75. The van der Waals surface area contributed by atoms with Gasteiger partial charge in [0.25, 0.3) is 11.6 Å². The second-order valence-electron chi connectivity index (χ2n) is 7.92. The highest BCUT2D eigenvalue weighted by Crippen LogP contribution is 2.30. The first-order valence-electron chi connectivity index (χ1n) is 11.0. The lowest BCUT2D eigenvalue weighted by Gasteiger charge is -2.11. The Hall–Kier alpha value is -5.25. The molecule has 0 saturated carbocycles. The average molecular weight is 499 g/mol. The molecular formula is C27H21N3O7. The second-order valence-corrected chi connectivity index (χ2v) is 7.92. The molecule has 0 aliphatic rings. The van der Waals surface area contributed by atoms with Crippen LogP contribution in [0.2, 0.25) is 0 Å². The van der Waals surface area contributed by atoms with Crippen LogP contribution in [-0.2, 0) is 0 Å². The van der Waals surface area contributed by atoms with E-state index in [4.69, 9.17) is 9.47 Å². The van der Waals surface area contributed by atoms with Crippen molar-refractivity contribution in [1.29, 1.82) is 0 Å². The van der Waals surface area contributed by atoms with Gasteiger partial charge in [-0.15, -0.1) is 0 Å². The van der Waals surface area contributed by atoms with Crippen molar-refractivity contribution in [3.8, 4) is 17.2 Å². The van der Waals surface area contributed by atoms with Gasteiger partial charge in [-0.25, -0.2) is 10.2 Å². The summed E-state index contributed by atoms with van der Waals surface area (Å²) in [5.41, 5.74) is 3.02. The third kappa shape index (κ3) is 5.38. The van der Waals surface area contributed by atoms with E-state index >= 15 is 0 Å². The van der Waals surface area contributed by atoms with Gasteiger partial charge in [-0.05, 0) is 59.7 Å². The molecular weight excluding hydrogens is 478 g/mol. The summed E-state index contributed by atoms with van der Waals surface area (Å²) in [6, 6.07) is 19.1. The molecule has 0 bridgehead atoms. The number of fused-ring (bicyclic) bond motifs is 1. The topological polar surface area (TPSA) is 140 Å². The smallest absolute Gasteiger partial charge is 0.344 e. The molecule has 1 amide bonds. The first-order valence-corrected chi connectivity index (χ1v) is 11.0. The van der Waals surface area contributed by atoms with Crippen molar-refractivity contribution < 1.29 is 29.1 Å². The lowest BCUT2D eigenvalue weighted by molar-refractivity contribution is -0.385. The Morgan fingerprint density at radius 3 is 2.41 bits per heavy atom. The van der Waals surface area contributed by atoms with Crippen LogP contribution < -0.4 is 14.9 Å². The molecule has 4 aromatic carbocycles. The number of nitro benzene ring substituents is 1. The Bertz CT molecular complexity index is 1560. The lowest BCUT2D eigenvalue weighted by atomic mass is 10.1. The quantitative estimate of drug-likeness (QED) is 0.123. The van der Waals surface area contributed by atoms with E-state index < -0.39 is 16.8 Å². The third-order valence-electron chi connectivity index (χ3n) is 5.60. The number of rotatable bonds is 7. The van der Waals surface area contributed by atoms with Crippen molar-refractivity contribution in [3.63, 3.8) is 0 Å². The van der Waals surface area contributed by atoms with Crippen molar-refractivity contribution in [2.75, 3.05) is 7.11 Å². The lowest BCUT2D eigenvalue weighted by Crippen LogP contribution is -2.17. The second kappa shape index (κ2) is 10.6. The van der Waals surface area contributed by atoms with Gasteiger partial charge in [0.2, 0.25) is 0 Å². The molecule has 0 saturated heterocycles. The largest absolute Gasteiger partial charge is 0.507 e. The summed E-state index contributed by atoms with van der Waals surface area (Å²) in [6.07, 6.45) is 1.36. The average Bonchev–Trinajstić information content (AvgIpc) is 2.88. The number of benzene rings is 4. The molecule has 0 fully saturated rings. The number of aromatic hydroxyl groups is 1. The van der Waals surface area contributed by atoms with Crippen LogP contribution in [0.3, 0.4) is 0 Å². The van der Waals surface area contributed by atoms with E-state index in [1.165, 1.54) is 56.6 Å². The normalized spacial score (nSPS) is 10.9. The van der Waals surface area contributed by atoms with Gasteiger partial charge in [-0.3, -0.25) is 14.9 Å². The minimum absolute atomic E-state index is 0.0570. The van der Waals surface area contributed by atoms with Crippen molar-refractivity contribution in [3.05, 3.63) is 105 Å².